The molecule has 0 heterocycles. The SMILES string of the molecule is CCCCCCCCCCCCC(=CC(=O)O)C(=O)OC(C)S(=O)(=O)O. The van der Waals surface area contributed by atoms with E-state index in [2.05, 4.69) is 11.7 Å². The van der Waals surface area contributed by atoms with Gasteiger partial charge in [-0.3, -0.25) is 4.55 Å². The molecule has 8 heteroatoms. The Kier molecular flexibility index (Phi) is 13.0. The molecule has 0 aromatic rings. The summed E-state index contributed by atoms with van der Waals surface area (Å²) < 4.78 is 35.2. The summed E-state index contributed by atoms with van der Waals surface area (Å²) >= 11 is 0. The largest absolute Gasteiger partial charge is 0.478 e. The number of ether oxygens (including phenoxy) is 1. The molecule has 0 radical (unpaired) electrons. The van der Waals surface area contributed by atoms with Crippen molar-refractivity contribution in [1.82, 2.24) is 0 Å². The number of hydrogen-bond acceptors (Lipinski definition) is 5. The Morgan fingerprint density at radius 1 is 0.962 bits per heavy atom. The molecule has 0 aliphatic rings. The van der Waals surface area contributed by atoms with Gasteiger partial charge in [-0.25, -0.2) is 9.59 Å². The average Bonchev–Trinajstić information content (AvgIpc) is 2.54. The fourth-order valence-corrected chi connectivity index (χ4v) is 2.68. The molecule has 2 N–H and O–H groups in total. The second-order valence-corrected chi connectivity index (χ2v) is 8.12. The van der Waals surface area contributed by atoms with Crippen molar-refractivity contribution in [1.29, 1.82) is 0 Å². The van der Waals surface area contributed by atoms with Crippen molar-refractivity contribution in [3.8, 4) is 0 Å². The van der Waals surface area contributed by atoms with Crippen LogP contribution in [0.5, 0.6) is 0 Å². The van der Waals surface area contributed by atoms with Gasteiger partial charge in [-0.05, 0) is 19.8 Å². The minimum absolute atomic E-state index is 0.104. The van der Waals surface area contributed by atoms with Gasteiger partial charge < -0.3 is 9.84 Å². The van der Waals surface area contributed by atoms with E-state index in [0.717, 1.165) is 32.3 Å². The number of aliphatic carboxylic acids is 1. The smallest absolute Gasteiger partial charge is 0.335 e. The maximum Gasteiger partial charge on any atom is 0.335 e. The summed E-state index contributed by atoms with van der Waals surface area (Å²) in [6.45, 7) is 3.19. The summed E-state index contributed by atoms with van der Waals surface area (Å²) in [6.07, 6.45) is 12.0. The molecule has 1 atom stereocenters. The van der Waals surface area contributed by atoms with Crippen molar-refractivity contribution >= 4 is 22.1 Å². The van der Waals surface area contributed by atoms with Gasteiger partial charge in [0.15, 0.2) is 0 Å². The molecule has 0 aliphatic carbocycles. The van der Waals surface area contributed by atoms with E-state index in [9.17, 15) is 18.0 Å². The van der Waals surface area contributed by atoms with Gasteiger partial charge in [-0.2, -0.15) is 8.42 Å². The Hall–Kier alpha value is -1.41. The van der Waals surface area contributed by atoms with Crippen molar-refractivity contribution in [3.05, 3.63) is 11.6 Å². The van der Waals surface area contributed by atoms with E-state index >= 15 is 0 Å². The summed E-state index contributed by atoms with van der Waals surface area (Å²) in [5.74, 6) is -2.34. The molecule has 0 bridgehead atoms. The minimum Gasteiger partial charge on any atom is -0.478 e. The molecule has 152 valence electrons. The quantitative estimate of drug-likeness (QED) is 0.186. The Morgan fingerprint density at radius 2 is 1.42 bits per heavy atom. The predicted molar refractivity (Wildman–Crippen MR) is 99.3 cm³/mol. The zero-order valence-electron chi connectivity index (χ0n) is 15.8. The first-order chi connectivity index (χ1) is 12.2. The lowest BCUT2D eigenvalue weighted by atomic mass is 10.0. The van der Waals surface area contributed by atoms with Gasteiger partial charge in [0.1, 0.15) is 0 Å². The van der Waals surface area contributed by atoms with Crippen LogP contribution in [0.4, 0.5) is 0 Å². The monoisotopic (exact) mass is 392 g/mol. The molecule has 26 heavy (non-hydrogen) atoms. The van der Waals surface area contributed by atoms with Crippen LogP contribution < -0.4 is 0 Å². The fraction of sp³-hybridized carbons (Fsp3) is 0.778. The molecule has 0 saturated carbocycles. The first-order valence-corrected chi connectivity index (χ1v) is 10.8. The van der Waals surface area contributed by atoms with E-state index in [4.69, 9.17) is 9.66 Å². The number of esters is 1. The molecule has 0 fully saturated rings. The lowest BCUT2D eigenvalue weighted by molar-refractivity contribution is -0.141. The Morgan fingerprint density at radius 3 is 1.85 bits per heavy atom. The van der Waals surface area contributed by atoms with Crippen molar-refractivity contribution in [2.45, 2.75) is 89.9 Å². The summed E-state index contributed by atoms with van der Waals surface area (Å²) in [7, 11) is -4.52. The van der Waals surface area contributed by atoms with Crippen molar-refractivity contribution < 1.29 is 32.4 Å². The van der Waals surface area contributed by atoms with Gasteiger partial charge in [0.05, 0.1) is 0 Å². The minimum atomic E-state index is -4.52. The lowest BCUT2D eigenvalue weighted by Crippen LogP contribution is -2.25. The molecule has 0 aromatic heterocycles. The summed E-state index contributed by atoms with van der Waals surface area (Å²) in [5, 5.41) is 8.84. The molecule has 0 spiro atoms. The molecular weight excluding hydrogens is 360 g/mol. The van der Waals surface area contributed by atoms with Crippen LogP contribution in [0.25, 0.3) is 0 Å². The summed E-state index contributed by atoms with van der Waals surface area (Å²) in [5.41, 5.74) is -1.84. The molecule has 0 amide bonds. The topological polar surface area (TPSA) is 118 Å². The Labute approximate surface area is 156 Å². The number of carboxylic acid groups (broad SMARTS) is 1. The van der Waals surface area contributed by atoms with Crippen LogP contribution in [0.2, 0.25) is 0 Å². The molecule has 0 aromatic carbocycles. The van der Waals surface area contributed by atoms with Gasteiger partial charge in [-0.15, -0.1) is 0 Å². The molecule has 0 rings (SSSR count). The predicted octanol–water partition coefficient (Wildman–Crippen LogP) is 4.09. The van der Waals surface area contributed by atoms with E-state index in [1.165, 1.54) is 38.5 Å². The third-order valence-electron chi connectivity index (χ3n) is 4.05. The number of hydrogen-bond donors (Lipinski definition) is 2. The standard InChI is InChI=1S/C18H32O7S/c1-3-4-5-6-7-8-9-10-11-12-13-16(14-17(19)20)18(21)25-15(2)26(22,23)24/h14-15H,3-13H2,1-2H3,(H,19,20)(H,22,23,24). The normalized spacial score (nSPS) is 13.4. The average molecular weight is 393 g/mol. The van der Waals surface area contributed by atoms with E-state index in [1.54, 1.807) is 0 Å². The zero-order chi connectivity index (χ0) is 20.0. The molecule has 0 aliphatic heterocycles. The number of carbonyl (C=O) groups excluding carboxylic acids is 1. The Balaban J connectivity index is 4.17. The molecule has 0 saturated heterocycles. The zero-order valence-corrected chi connectivity index (χ0v) is 16.6. The Bertz CT molecular complexity index is 552. The van der Waals surface area contributed by atoms with Gasteiger partial charge in [0.25, 0.3) is 0 Å². The second kappa shape index (κ2) is 13.7. The van der Waals surface area contributed by atoms with E-state index < -0.39 is 27.5 Å². The number of carbonyl (C=O) groups is 2. The third kappa shape index (κ3) is 12.9. The second-order valence-electron chi connectivity index (χ2n) is 6.43. The summed E-state index contributed by atoms with van der Waals surface area (Å²) in [4.78, 5) is 22.7. The highest BCUT2D eigenvalue weighted by atomic mass is 32.2. The van der Waals surface area contributed by atoms with Crippen LogP contribution in [0.15, 0.2) is 11.6 Å². The van der Waals surface area contributed by atoms with Crippen LogP contribution in [-0.4, -0.2) is 35.5 Å². The van der Waals surface area contributed by atoms with Gasteiger partial charge >= 0.3 is 22.1 Å². The number of unbranched alkanes of at least 4 members (excludes halogenated alkanes) is 9. The van der Waals surface area contributed by atoms with E-state index in [-0.39, 0.29) is 12.0 Å². The fourth-order valence-electron chi connectivity index (χ4n) is 2.47. The van der Waals surface area contributed by atoms with Crippen molar-refractivity contribution in [2.24, 2.45) is 0 Å². The third-order valence-corrected chi connectivity index (χ3v) is 4.99. The molecule has 1 unspecified atom stereocenters. The highest BCUT2D eigenvalue weighted by Gasteiger charge is 2.24. The molecular formula is C18H32O7S. The van der Waals surface area contributed by atoms with E-state index in [1.807, 2.05) is 0 Å². The maximum atomic E-state index is 11.9. The van der Waals surface area contributed by atoms with Crippen molar-refractivity contribution in [2.75, 3.05) is 0 Å². The number of carboxylic acids is 1. The van der Waals surface area contributed by atoms with Crippen molar-refractivity contribution in [3.63, 3.8) is 0 Å². The first kappa shape index (κ1) is 24.6. The van der Waals surface area contributed by atoms with Gasteiger partial charge in [-0.1, -0.05) is 64.7 Å². The highest BCUT2D eigenvalue weighted by Crippen LogP contribution is 2.16. The first-order valence-electron chi connectivity index (χ1n) is 9.29. The van der Waals surface area contributed by atoms with Crippen LogP contribution in [0.1, 0.15) is 84.5 Å². The van der Waals surface area contributed by atoms with Gasteiger partial charge in [0.2, 0.25) is 5.44 Å². The maximum absolute atomic E-state index is 11.9. The van der Waals surface area contributed by atoms with Crippen LogP contribution in [0.3, 0.4) is 0 Å². The van der Waals surface area contributed by atoms with Crippen LogP contribution >= 0.6 is 0 Å². The van der Waals surface area contributed by atoms with Crippen LogP contribution in [0, 0.1) is 0 Å². The summed E-state index contributed by atoms with van der Waals surface area (Å²) in [6, 6.07) is 0. The lowest BCUT2D eigenvalue weighted by Gasteiger charge is -2.12. The molecule has 7 nitrogen and oxygen atoms in total. The number of rotatable bonds is 15. The van der Waals surface area contributed by atoms with E-state index in [0.29, 0.717) is 6.42 Å². The van der Waals surface area contributed by atoms with Crippen LogP contribution in [-0.2, 0) is 24.4 Å². The van der Waals surface area contributed by atoms with Gasteiger partial charge in [0, 0.05) is 11.6 Å². The highest BCUT2D eigenvalue weighted by molar-refractivity contribution is 7.86.